The summed E-state index contributed by atoms with van der Waals surface area (Å²) >= 11 is 6.55. The van der Waals surface area contributed by atoms with Gasteiger partial charge in [-0.05, 0) is 30.9 Å². The number of fused-ring (bicyclic) bond motifs is 2. The van der Waals surface area contributed by atoms with Crippen molar-refractivity contribution in [2.75, 3.05) is 0 Å². The zero-order valence-corrected chi connectivity index (χ0v) is 11.0. The molecule has 0 radical (unpaired) electrons. The number of benzene rings is 1. The van der Waals surface area contributed by atoms with E-state index in [-0.39, 0.29) is 5.41 Å². The minimum Gasteiger partial charge on any atom is -0.252 e. The van der Waals surface area contributed by atoms with Gasteiger partial charge in [0.1, 0.15) is 0 Å². The summed E-state index contributed by atoms with van der Waals surface area (Å²) < 4.78 is 0. The van der Waals surface area contributed by atoms with Gasteiger partial charge in [-0.15, -0.1) is 0 Å². The fourth-order valence-electron chi connectivity index (χ4n) is 2.82. The molecule has 1 heterocycles. The minimum atomic E-state index is 0.154. The Balaban J connectivity index is 2.38. The van der Waals surface area contributed by atoms with Gasteiger partial charge < -0.3 is 0 Å². The third kappa shape index (κ3) is 1.64. The summed E-state index contributed by atoms with van der Waals surface area (Å²) in [5.74, 6) is 0. The highest BCUT2D eigenvalue weighted by molar-refractivity contribution is 6.36. The van der Waals surface area contributed by atoms with Crippen molar-refractivity contribution in [3.8, 4) is 0 Å². The van der Waals surface area contributed by atoms with Crippen molar-refractivity contribution in [3.63, 3.8) is 0 Å². The average Bonchev–Trinajstić information content (AvgIpc) is 2.31. The molecule has 0 bridgehead atoms. The quantitative estimate of drug-likeness (QED) is 0.666. The van der Waals surface area contributed by atoms with Crippen LogP contribution in [0, 0.1) is 0 Å². The van der Waals surface area contributed by atoms with Crippen LogP contribution in [0.3, 0.4) is 0 Å². The number of aromatic nitrogens is 1. The van der Waals surface area contributed by atoms with Crippen molar-refractivity contribution in [2.24, 2.45) is 0 Å². The molecule has 1 nitrogen and oxygen atoms in total. The van der Waals surface area contributed by atoms with Gasteiger partial charge >= 0.3 is 0 Å². The molecular formula is C15H16ClN. The van der Waals surface area contributed by atoms with E-state index in [1.807, 2.05) is 18.2 Å². The van der Waals surface area contributed by atoms with Crippen molar-refractivity contribution in [2.45, 2.75) is 38.5 Å². The number of hydrogen-bond donors (Lipinski definition) is 0. The van der Waals surface area contributed by atoms with Crippen molar-refractivity contribution in [1.29, 1.82) is 0 Å². The topological polar surface area (TPSA) is 12.9 Å². The van der Waals surface area contributed by atoms with E-state index in [0.29, 0.717) is 0 Å². The Labute approximate surface area is 107 Å². The van der Waals surface area contributed by atoms with E-state index < -0.39 is 0 Å². The lowest BCUT2D eigenvalue weighted by molar-refractivity contribution is 0.420. The van der Waals surface area contributed by atoms with E-state index in [4.69, 9.17) is 16.6 Å². The molecule has 88 valence electrons. The van der Waals surface area contributed by atoms with Crippen LogP contribution in [0.25, 0.3) is 10.9 Å². The molecule has 2 heteroatoms. The SMILES string of the molecule is CC1(C)CCCc2c1nc1ccccc1c2Cl. The van der Waals surface area contributed by atoms with Crippen LogP contribution < -0.4 is 0 Å². The molecule has 0 aliphatic heterocycles. The number of hydrogen-bond acceptors (Lipinski definition) is 1. The Morgan fingerprint density at radius 2 is 2.00 bits per heavy atom. The summed E-state index contributed by atoms with van der Waals surface area (Å²) in [5.41, 5.74) is 3.64. The Bertz CT molecular complexity index is 587. The fourth-order valence-corrected chi connectivity index (χ4v) is 3.17. The van der Waals surface area contributed by atoms with Crippen molar-refractivity contribution in [1.82, 2.24) is 4.98 Å². The maximum Gasteiger partial charge on any atom is 0.0720 e. The lowest BCUT2D eigenvalue weighted by Crippen LogP contribution is -2.25. The van der Waals surface area contributed by atoms with Crippen LogP contribution in [0.15, 0.2) is 24.3 Å². The third-order valence-electron chi connectivity index (χ3n) is 3.79. The molecule has 0 N–H and O–H groups in total. The van der Waals surface area contributed by atoms with Gasteiger partial charge in [0.05, 0.1) is 16.2 Å². The van der Waals surface area contributed by atoms with E-state index in [9.17, 15) is 0 Å². The number of halogens is 1. The molecule has 1 aliphatic carbocycles. The monoisotopic (exact) mass is 245 g/mol. The summed E-state index contributed by atoms with van der Waals surface area (Å²) in [5, 5.41) is 2.00. The highest BCUT2D eigenvalue weighted by Gasteiger charge is 2.31. The second kappa shape index (κ2) is 3.71. The number of pyridine rings is 1. The standard InChI is InChI=1S/C15H16ClN/c1-15(2)9-5-7-11-13(16)10-6-3-4-8-12(10)17-14(11)15/h3-4,6,8H,5,7,9H2,1-2H3. The van der Waals surface area contributed by atoms with Crippen LogP contribution in [0.4, 0.5) is 0 Å². The predicted molar refractivity (Wildman–Crippen MR) is 72.7 cm³/mol. The van der Waals surface area contributed by atoms with Crippen LogP contribution in [0.1, 0.15) is 37.9 Å². The van der Waals surface area contributed by atoms with Gasteiger partial charge in [0, 0.05) is 10.8 Å². The molecule has 0 amide bonds. The molecule has 0 saturated carbocycles. The first kappa shape index (κ1) is 11.0. The van der Waals surface area contributed by atoms with Crippen LogP contribution in [0.5, 0.6) is 0 Å². The van der Waals surface area contributed by atoms with E-state index in [1.165, 1.54) is 24.1 Å². The van der Waals surface area contributed by atoms with Crippen molar-refractivity contribution >= 4 is 22.5 Å². The Morgan fingerprint density at radius 3 is 2.82 bits per heavy atom. The highest BCUT2D eigenvalue weighted by Crippen LogP contribution is 2.40. The fraction of sp³-hybridized carbons (Fsp3) is 0.400. The molecule has 17 heavy (non-hydrogen) atoms. The first-order valence-corrected chi connectivity index (χ1v) is 6.55. The minimum absolute atomic E-state index is 0.154. The normalized spacial score (nSPS) is 18.1. The molecule has 1 aromatic heterocycles. The highest BCUT2D eigenvalue weighted by atomic mass is 35.5. The molecule has 0 spiro atoms. The maximum atomic E-state index is 6.55. The molecular weight excluding hydrogens is 230 g/mol. The molecule has 0 fully saturated rings. The lowest BCUT2D eigenvalue weighted by atomic mass is 9.75. The first-order valence-electron chi connectivity index (χ1n) is 6.17. The molecule has 2 aromatic rings. The van der Waals surface area contributed by atoms with E-state index in [0.717, 1.165) is 22.3 Å². The number of para-hydroxylation sites is 1. The van der Waals surface area contributed by atoms with Gasteiger partial charge in [0.15, 0.2) is 0 Å². The van der Waals surface area contributed by atoms with Gasteiger partial charge in [-0.25, -0.2) is 0 Å². The van der Waals surface area contributed by atoms with Crippen molar-refractivity contribution < 1.29 is 0 Å². The van der Waals surface area contributed by atoms with E-state index in [1.54, 1.807) is 0 Å². The largest absolute Gasteiger partial charge is 0.252 e. The second-order valence-corrected chi connectivity index (χ2v) is 5.89. The second-order valence-electron chi connectivity index (χ2n) is 5.51. The van der Waals surface area contributed by atoms with E-state index in [2.05, 4.69) is 19.9 Å². The molecule has 0 atom stereocenters. The van der Waals surface area contributed by atoms with Gasteiger partial charge in [0.25, 0.3) is 0 Å². The summed E-state index contributed by atoms with van der Waals surface area (Å²) in [4.78, 5) is 4.84. The number of rotatable bonds is 0. The Hall–Kier alpha value is -1.08. The van der Waals surface area contributed by atoms with Gasteiger partial charge in [-0.2, -0.15) is 0 Å². The number of nitrogens with zero attached hydrogens (tertiary/aromatic N) is 1. The molecule has 1 aliphatic rings. The lowest BCUT2D eigenvalue weighted by Gasteiger charge is -2.32. The molecule has 3 rings (SSSR count). The third-order valence-corrected chi connectivity index (χ3v) is 4.22. The molecule has 1 aromatic carbocycles. The molecule has 0 unspecified atom stereocenters. The van der Waals surface area contributed by atoms with Crippen LogP contribution in [0.2, 0.25) is 5.02 Å². The van der Waals surface area contributed by atoms with Crippen LogP contribution in [-0.4, -0.2) is 4.98 Å². The molecule has 0 saturated heterocycles. The summed E-state index contributed by atoms with van der Waals surface area (Å²) in [6.45, 7) is 4.53. The maximum absolute atomic E-state index is 6.55. The zero-order chi connectivity index (χ0) is 12.0. The average molecular weight is 246 g/mol. The van der Waals surface area contributed by atoms with Crippen LogP contribution in [-0.2, 0) is 11.8 Å². The van der Waals surface area contributed by atoms with Gasteiger partial charge in [-0.1, -0.05) is 43.6 Å². The summed E-state index contributed by atoms with van der Waals surface area (Å²) in [7, 11) is 0. The van der Waals surface area contributed by atoms with E-state index >= 15 is 0 Å². The summed E-state index contributed by atoms with van der Waals surface area (Å²) in [6.07, 6.45) is 3.47. The summed E-state index contributed by atoms with van der Waals surface area (Å²) in [6, 6.07) is 8.16. The van der Waals surface area contributed by atoms with Crippen LogP contribution >= 0.6 is 11.6 Å². The smallest absolute Gasteiger partial charge is 0.0720 e. The Morgan fingerprint density at radius 1 is 1.24 bits per heavy atom. The zero-order valence-electron chi connectivity index (χ0n) is 10.3. The first-order chi connectivity index (χ1) is 8.09. The predicted octanol–water partition coefficient (Wildman–Crippen LogP) is 4.50. The van der Waals surface area contributed by atoms with Gasteiger partial charge in [-0.3, -0.25) is 4.98 Å². The van der Waals surface area contributed by atoms with Crippen molar-refractivity contribution in [3.05, 3.63) is 40.5 Å². The Kier molecular flexibility index (Phi) is 2.41. The van der Waals surface area contributed by atoms with Gasteiger partial charge in [0.2, 0.25) is 0 Å².